The van der Waals surface area contributed by atoms with Gasteiger partial charge < -0.3 is 9.88 Å². The van der Waals surface area contributed by atoms with Crippen LogP contribution < -0.4 is 5.32 Å². The maximum atomic E-state index is 12.1. The second-order valence-corrected chi connectivity index (χ2v) is 7.26. The second-order valence-electron chi connectivity index (χ2n) is 6.20. The third-order valence-corrected chi connectivity index (χ3v) is 5.25. The first-order valence-electron chi connectivity index (χ1n) is 8.62. The Hall–Kier alpha value is -3.39. The highest BCUT2D eigenvalue weighted by atomic mass is 32.2. The fraction of sp³-hybridized carbons (Fsp3) is 0.100. The summed E-state index contributed by atoms with van der Waals surface area (Å²) in [4.78, 5) is 26.9. The number of carbonyl (C=O) groups is 1. The summed E-state index contributed by atoms with van der Waals surface area (Å²) in [6, 6.07) is 13.5. The number of aryl methyl sites for hydroxylation is 1. The van der Waals surface area contributed by atoms with Gasteiger partial charge in [0, 0.05) is 48.0 Å². The van der Waals surface area contributed by atoms with Crippen molar-refractivity contribution >= 4 is 35.1 Å². The van der Waals surface area contributed by atoms with Crippen LogP contribution in [-0.4, -0.2) is 26.1 Å². The third-order valence-electron chi connectivity index (χ3n) is 4.28. The van der Waals surface area contributed by atoms with Crippen LogP contribution >= 0.6 is 11.8 Å². The Bertz CT molecular complexity index is 1030. The third kappa shape index (κ3) is 3.96. The Morgan fingerprint density at radius 3 is 2.61 bits per heavy atom. The predicted molar refractivity (Wildman–Crippen MR) is 109 cm³/mol. The minimum absolute atomic E-state index is 0.0169. The first-order valence-corrected chi connectivity index (χ1v) is 9.61. The lowest BCUT2D eigenvalue weighted by molar-refractivity contribution is -0.384. The van der Waals surface area contributed by atoms with Crippen molar-refractivity contribution in [3.05, 3.63) is 76.5 Å². The maximum absolute atomic E-state index is 12.1. The lowest BCUT2D eigenvalue weighted by atomic mass is 10.1. The van der Waals surface area contributed by atoms with E-state index in [0.29, 0.717) is 11.3 Å². The van der Waals surface area contributed by atoms with Crippen LogP contribution in [0, 0.1) is 10.1 Å². The molecule has 1 N–H and O–H groups in total. The summed E-state index contributed by atoms with van der Waals surface area (Å²) in [6.45, 7) is 0.988. The lowest BCUT2D eigenvalue weighted by Gasteiger charge is -2.03. The molecule has 0 saturated heterocycles. The molecule has 0 bridgehead atoms. The fourth-order valence-electron chi connectivity index (χ4n) is 2.84. The minimum atomic E-state index is -0.458. The number of nitrogens with one attached hydrogen (secondary N) is 1. The molecule has 0 radical (unpaired) electrons. The quantitative estimate of drug-likeness (QED) is 0.399. The summed E-state index contributed by atoms with van der Waals surface area (Å²) < 4.78 is 2.15. The average molecular weight is 392 g/mol. The van der Waals surface area contributed by atoms with Gasteiger partial charge in [-0.2, -0.15) is 0 Å². The number of hydrogen-bond donors (Lipinski definition) is 1. The number of amides is 1. The zero-order chi connectivity index (χ0) is 19.5. The van der Waals surface area contributed by atoms with Crippen LogP contribution in [0.15, 0.2) is 66.0 Å². The number of imidazole rings is 1. The molecule has 7 nitrogen and oxygen atoms in total. The molecule has 0 unspecified atom stereocenters. The maximum Gasteiger partial charge on any atom is 0.269 e. The molecule has 140 valence electrons. The fourth-order valence-corrected chi connectivity index (χ4v) is 3.78. The Morgan fingerprint density at radius 2 is 1.93 bits per heavy atom. The van der Waals surface area contributed by atoms with Crippen LogP contribution in [0.1, 0.15) is 5.56 Å². The molecule has 1 aromatic heterocycles. The summed E-state index contributed by atoms with van der Waals surface area (Å²) in [5.74, 6) is 0.796. The Labute approximate surface area is 165 Å². The Balaban J connectivity index is 1.38. The van der Waals surface area contributed by atoms with Crippen molar-refractivity contribution in [2.24, 2.45) is 0 Å². The molecular formula is C20H16N4O3S. The molecule has 0 spiro atoms. The summed E-state index contributed by atoms with van der Waals surface area (Å²) in [6.07, 6.45) is 5.06. The van der Waals surface area contributed by atoms with E-state index in [-0.39, 0.29) is 11.6 Å². The van der Waals surface area contributed by atoms with Gasteiger partial charge in [0.2, 0.25) is 5.91 Å². The van der Waals surface area contributed by atoms with E-state index in [1.807, 2.05) is 24.3 Å². The summed E-state index contributed by atoms with van der Waals surface area (Å²) in [5.41, 5.74) is 3.34. The van der Waals surface area contributed by atoms with Crippen LogP contribution in [-0.2, 0) is 11.3 Å². The van der Waals surface area contributed by atoms with Gasteiger partial charge in [0.15, 0.2) is 5.16 Å². The van der Waals surface area contributed by atoms with E-state index < -0.39 is 4.92 Å². The SMILES string of the molecule is O=C(/C=C/c1ccc([N+](=O)[O-])cc1)Nc1ccc(-c2cn3c(n2)SCC3)cc1. The summed E-state index contributed by atoms with van der Waals surface area (Å²) in [5, 5.41) is 14.5. The van der Waals surface area contributed by atoms with Gasteiger partial charge in [0.1, 0.15) is 0 Å². The van der Waals surface area contributed by atoms with Crippen molar-refractivity contribution in [3.63, 3.8) is 0 Å². The molecule has 2 aromatic carbocycles. The van der Waals surface area contributed by atoms with Gasteiger partial charge in [-0.15, -0.1) is 0 Å². The number of fused-ring (bicyclic) bond motifs is 1. The first kappa shape index (κ1) is 18.0. The van der Waals surface area contributed by atoms with E-state index in [9.17, 15) is 14.9 Å². The topological polar surface area (TPSA) is 90.1 Å². The Kier molecular flexibility index (Phi) is 4.94. The molecule has 8 heteroatoms. The number of non-ortho nitro benzene ring substituents is 1. The van der Waals surface area contributed by atoms with E-state index in [4.69, 9.17) is 0 Å². The highest BCUT2D eigenvalue weighted by Crippen LogP contribution is 2.29. The van der Waals surface area contributed by atoms with Crippen LogP contribution in [0.25, 0.3) is 17.3 Å². The molecule has 28 heavy (non-hydrogen) atoms. The molecular weight excluding hydrogens is 376 g/mol. The molecule has 0 atom stereocenters. The monoisotopic (exact) mass is 392 g/mol. The van der Waals surface area contributed by atoms with Gasteiger partial charge in [-0.25, -0.2) is 4.98 Å². The molecule has 1 aliphatic heterocycles. The number of hydrogen-bond acceptors (Lipinski definition) is 5. The molecule has 4 rings (SSSR count). The number of rotatable bonds is 5. The van der Waals surface area contributed by atoms with Gasteiger partial charge in [-0.05, 0) is 35.9 Å². The average Bonchev–Trinajstić information content (AvgIpc) is 3.29. The molecule has 1 amide bonds. The van der Waals surface area contributed by atoms with Crippen molar-refractivity contribution in [3.8, 4) is 11.3 Å². The Morgan fingerprint density at radius 1 is 1.18 bits per heavy atom. The second kappa shape index (κ2) is 7.69. The number of thioether (sulfide) groups is 1. The number of anilines is 1. The van der Waals surface area contributed by atoms with Gasteiger partial charge >= 0.3 is 0 Å². The normalized spacial score (nSPS) is 12.9. The van der Waals surface area contributed by atoms with E-state index in [1.165, 1.54) is 18.2 Å². The van der Waals surface area contributed by atoms with Crippen LogP contribution in [0.3, 0.4) is 0 Å². The minimum Gasteiger partial charge on any atom is -0.325 e. The molecule has 0 aliphatic carbocycles. The molecule has 1 aliphatic rings. The van der Waals surface area contributed by atoms with Gasteiger partial charge in [0.25, 0.3) is 5.69 Å². The zero-order valence-electron chi connectivity index (χ0n) is 14.7. The van der Waals surface area contributed by atoms with Gasteiger partial charge in [0.05, 0.1) is 10.6 Å². The predicted octanol–water partition coefficient (Wildman–Crippen LogP) is 4.22. The smallest absolute Gasteiger partial charge is 0.269 e. The number of benzene rings is 2. The summed E-state index contributed by atoms with van der Waals surface area (Å²) >= 11 is 1.75. The van der Waals surface area contributed by atoms with Crippen molar-refractivity contribution in [1.29, 1.82) is 0 Å². The number of nitro groups is 1. The molecule has 2 heterocycles. The zero-order valence-corrected chi connectivity index (χ0v) is 15.6. The van der Waals surface area contributed by atoms with Crippen molar-refractivity contribution in [1.82, 2.24) is 9.55 Å². The highest BCUT2D eigenvalue weighted by molar-refractivity contribution is 7.99. The first-order chi connectivity index (χ1) is 13.6. The number of nitrogens with zero attached hydrogens (tertiary/aromatic N) is 3. The number of nitro benzene ring substituents is 1. The van der Waals surface area contributed by atoms with Crippen LogP contribution in [0.4, 0.5) is 11.4 Å². The lowest BCUT2D eigenvalue weighted by Crippen LogP contribution is -2.07. The van der Waals surface area contributed by atoms with Crippen molar-refractivity contribution in [2.75, 3.05) is 11.1 Å². The van der Waals surface area contributed by atoms with Gasteiger partial charge in [-0.1, -0.05) is 23.9 Å². The largest absolute Gasteiger partial charge is 0.325 e. The van der Waals surface area contributed by atoms with Gasteiger partial charge in [-0.3, -0.25) is 14.9 Å². The standard InChI is InChI=1S/C20H16N4O3S/c25-19(10-3-14-1-8-17(9-2-14)24(26)27)21-16-6-4-15(5-7-16)18-13-23-11-12-28-20(23)22-18/h1-10,13H,11-12H2,(H,21,25)/b10-3+. The molecule has 3 aromatic rings. The van der Waals surface area contributed by atoms with E-state index >= 15 is 0 Å². The molecule has 0 saturated carbocycles. The van der Waals surface area contributed by atoms with Crippen LogP contribution in [0.5, 0.6) is 0 Å². The number of carbonyl (C=O) groups excluding carboxylic acids is 1. The molecule has 0 fully saturated rings. The summed E-state index contributed by atoms with van der Waals surface area (Å²) in [7, 11) is 0. The van der Waals surface area contributed by atoms with Crippen molar-refractivity contribution in [2.45, 2.75) is 11.7 Å². The van der Waals surface area contributed by atoms with Crippen molar-refractivity contribution < 1.29 is 9.72 Å². The van der Waals surface area contributed by atoms with E-state index in [0.717, 1.165) is 28.7 Å². The van der Waals surface area contributed by atoms with Crippen LogP contribution in [0.2, 0.25) is 0 Å². The van der Waals surface area contributed by atoms with E-state index in [1.54, 1.807) is 30.0 Å². The van der Waals surface area contributed by atoms with E-state index in [2.05, 4.69) is 21.1 Å². The highest BCUT2D eigenvalue weighted by Gasteiger charge is 2.15. The number of aromatic nitrogens is 2.